The SMILES string of the molecule is Fc1ccc(-c2ccc(OCc3ccccc3)nc2OCc2ccccc2)cc1Br. The zero-order valence-corrected chi connectivity index (χ0v) is 17.7. The Hall–Kier alpha value is -3.18. The summed E-state index contributed by atoms with van der Waals surface area (Å²) in [7, 11) is 0. The van der Waals surface area contributed by atoms with Crippen LogP contribution in [0.15, 0.2) is 95.5 Å². The number of pyridine rings is 1. The Bertz CT molecular complexity index is 1120. The summed E-state index contributed by atoms with van der Waals surface area (Å²) in [4.78, 5) is 4.58. The van der Waals surface area contributed by atoms with Crippen LogP contribution >= 0.6 is 15.9 Å². The van der Waals surface area contributed by atoms with Crippen LogP contribution in [0.4, 0.5) is 4.39 Å². The van der Waals surface area contributed by atoms with Crippen LogP contribution in [0.25, 0.3) is 11.1 Å². The van der Waals surface area contributed by atoms with Gasteiger partial charge in [-0.1, -0.05) is 66.7 Å². The highest BCUT2D eigenvalue weighted by Gasteiger charge is 2.13. The molecule has 0 spiro atoms. The topological polar surface area (TPSA) is 31.4 Å². The van der Waals surface area contributed by atoms with Crippen molar-refractivity contribution in [2.75, 3.05) is 0 Å². The quantitative estimate of drug-likeness (QED) is 0.301. The predicted molar refractivity (Wildman–Crippen MR) is 119 cm³/mol. The summed E-state index contributed by atoms with van der Waals surface area (Å²) in [6.07, 6.45) is 0. The van der Waals surface area contributed by atoms with E-state index in [1.54, 1.807) is 18.2 Å². The van der Waals surface area contributed by atoms with Gasteiger partial charge in [0.05, 0.1) is 4.47 Å². The first-order valence-electron chi connectivity index (χ1n) is 9.49. The molecule has 150 valence electrons. The Kier molecular flexibility index (Phi) is 6.40. The first kappa shape index (κ1) is 20.1. The minimum atomic E-state index is -0.318. The Labute approximate surface area is 183 Å². The zero-order chi connectivity index (χ0) is 20.8. The lowest BCUT2D eigenvalue weighted by Gasteiger charge is -2.13. The number of rotatable bonds is 7. The standard InChI is InChI=1S/C25H19BrFNO2/c26-22-15-20(11-13-23(22)27)21-12-14-24(29-16-18-7-3-1-4-8-18)28-25(21)30-17-19-9-5-2-6-10-19/h1-15H,16-17H2. The van der Waals surface area contributed by atoms with Gasteiger partial charge in [0.2, 0.25) is 11.8 Å². The first-order chi connectivity index (χ1) is 14.7. The van der Waals surface area contributed by atoms with E-state index in [0.717, 1.165) is 22.3 Å². The van der Waals surface area contributed by atoms with Gasteiger partial charge in [-0.05, 0) is 50.8 Å². The van der Waals surface area contributed by atoms with Crippen LogP contribution in [0.2, 0.25) is 0 Å². The largest absolute Gasteiger partial charge is 0.473 e. The van der Waals surface area contributed by atoms with Crippen LogP contribution in [-0.4, -0.2) is 4.98 Å². The third-order valence-corrected chi connectivity index (χ3v) is 5.12. The van der Waals surface area contributed by atoms with Crippen molar-refractivity contribution in [3.05, 3.63) is 112 Å². The van der Waals surface area contributed by atoms with Crippen LogP contribution < -0.4 is 9.47 Å². The second kappa shape index (κ2) is 9.55. The predicted octanol–water partition coefficient (Wildman–Crippen LogP) is 6.81. The lowest BCUT2D eigenvalue weighted by Crippen LogP contribution is -2.02. The van der Waals surface area contributed by atoms with Crippen LogP contribution in [0, 0.1) is 5.82 Å². The van der Waals surface area contributed by atoms with Gasteiger partial charge in [0.15, 0.2) is 0 Å². The maximum Gasteiger partial charge on any atom is 0.225 e. The van der Waals surface area contributed by atoms with Crippen molar-refractivity contribution in [3.63, 3.8) is 0 Å². The fourth-order valence-corrected chi connectivity index (χ4v) is 3.33. The molecule has 0 radical (unpaired) electrons. The summed E-state index contributed by atoms with van der Waals surface area (Å²) in [5.74, 6) is 0.580. The number of aromatic nitrogens is 1. The highest BCUT2D eigenvalue weighted by molar-refractivity contribution is 9.10. The van der Waals surface area contributed by atoms with Crippen molar-refractivity contribution in [3.8, 4) is 22.9 Å². The molecule has 0 saturated heterocycles. The number of benzene rings is 3. The van der Waals surface area contributed by atoms with E-state index in [-0.39, 0.29) is 5.82 Å². The zero-order valence-electron chi connectivity index (χ0n) is 16.1. The van der Waals surface area contributed by atoms with Gasteiger partial charge < -0.3 is 9.47 Å². The number of halogens is 2. The number of nitrogens with zero attached hydrogens (tertiary/aromatic N) is 1. The van der Waals surface area contributed by atoms with Gasteiger partial charge in [0.25, 0.3) is 0 Å². The second-order valence-electron chi connectivity index (χ2n) is 6.68. The molecule has 0 bridgehead atoms. The molecular formula is C25H19BrFNO2. The van der Waals surface area contributed by atoms with E-state index >= 15 is 0 Å². The van der Waals surface area contributed by atoms with E-state index in [2.05, 4.69) is 20.9 Å². The monoisotopic (exact) mass is 463 g/mol. The van der Waals surface area contributed by atoms with Gasteiger partial charge in [-0.3, -0.25) is 0 Å². The molecule has 0 N–H and O–H groups in total. The summed E-state index contributed by atoms with van der Waals surface area (Å²) in [5, 5.41) is 0. The maximum atomic E-state index is 13.7. The molecule has 0 unspecified atom stereocenters. The summed E-state index contributed by atoms with van der Waals surface area (Å²) in [5.41, 5.74) is 3.64. The molecule has 1 heterocycles. The van der Waals surface area contributed by atoms with Crippen molar-refractivity contribution < 1.29 is 13.9 Å². The van der Waals surface area contributed by atoms with Crippen LogP contribution in [0.1, 0.15) is 11.1 Å². The highest BCUT2D eigenvalue weighted by atomic mass is 79.9. The fraction of sp³-hybridized carbons (Fsp3) is 0.0800. The minimum Gasteiger partial charge on any atom is -0.473 e. The molecule has 0 fully saturated rings. The molecule has 1 aromatic heterocycles. The van der Waals surface area contributed by atoms with Gasteiger partial charge in [-0.25, -0.2) is 4.39 Å². The maximum absolute atomic E-state index is 13.7. The van der Waals surface area contributed by atoms with E-state index in [4.69, 9.17) is 9.47 Å². The van der Waals surface area contributed by atoms with Gasteiger partial charge >= 0.3 is 0 Å². The van der Waals surface area contributed by atoms with Crippen molar-refractivity contribution in [2.24, 2.45) is 0 Å². The van der Waals surface area contributed by atoms with E-state index in [1.165, 1.54) is 6.07 Å². The lowest BCUT2D eigenvalue weighted by atomic mass is 10.1. The molecular weight excluding hydrogens is 445 g/mol. The number of ether oxygens (including phenoxy) is 2. The molecule has 5 heteroatoms. The molecule has 4 aromatic rings. The van der Waals surface area contributed by atoms with Crippen molar-refractivity contribution in [1.29, 1.82) is 0 Å². The summed E-state index contributed by atoms with van der Waals surface area (Å²) in [6.45, 7) is 0.777. The molecule has 0 aliphatic carbocycles. The van der Waals surface area contributed by atoms with Crippen LogP contribution in [0.5, 0.6) is 11.8 Å². The Morgan fingerprint density at radius 3 is 2.00 bits per heavy atom. The van der Waals surface area contributed by atoms with Crippen LogP contribution in [0.3, 0.4) is 0 Å². The molecule has 3 nitrogen and oxygen atoms in total. The summed E-state index contributed by atoms with van der Waals surface area (Å²) >= 11 is 3.25. The Morgan fingerprint density at radius 2 is 1.37 bits per heavy atom. The van der Waals surface area contributed by atoms with Gasteiger partial charge in [-0.2, -0.15) is 4.98 Å². The molecule has 30 heavy (non-hydrogen) atoms. The minimum absolute atomic E-state index is 0.318. The smallest absolute Gasteiger partial charge is 0.225 e. The Balaban J connectivity index is 1.61. The Morgan fingerprint density at radius 1 is 0.733 bits per heavy atom. The normalized spacial score (nSPS) is 10.6. The highest BCUT2D eigenvalue weighted by Crippen LogP contribution is 2.33. The van der Waals surface area contributed by atoms with Gasteiger partial charge in [-0.15, -0.1) is 0 Å². The van der Waals surface area contributed by atoms with E-state index in [1.807, 2.05) is 66.7 Å². The molecule has 0 amide bonds. The van der Waals surface area contributed by atoms with Crippen molar-refractivity contribution in [2.45, 2.75) is 13.2 Å². The number of hydrogen-bond acceptors (Lipinski definition) is 3. The van der Waals surface area contributed by atoms with E-state index in [9.17, 15) is 4.39 Å². The molecule has 4 rings (SSSR count). The van der Waals surface area contributed by atoms with Crippen molar-refractivity contribution >= 4 is 15.9 Å². The average molecular weight is 464 g/mol. The molecule has 3 aromatic carbocycles. The van der Waals surface area contributed by atoms with Gasteiger partial charge in [0, 0.05) is 11.6 Å². The number of hydrogen-bond donors (Lipinski definition) is 0. The van der Waals surface area contributed by atoms with E-state index in [0.29, 0.717) is 29.4 Å². The molecule has 0 aliphatic rings. The van der Waals surface area contributed by atoms with Gasteiger partial charge in [0.1, 0.15) is 19.0 Å². The first-order valence-corrected chi connectivity index (χ1v) is 10.3. The van der Waals surface area contributed by atoms with Crippen LogP contribution in [-0.2, 0) is 13.2 Å². The molecule has 0 aliphatic heterocycles. The lowest BCUT2D eigenvalue weighted by molar-refractivity contribution is 0.268. The second-order valence-corrected chi connectivity index (χ2v) is 7.53. The summed E-state index contributed by atoms with van der Waals surface area (Å²) < 4.78 is 26.0. The third kappa shape index (κ3) is 5.05. The van der Waals surface area contributed by atoms with Crippen molar-refractivity contribution in [1.82, 2.24) is 4.98 Å². The third-order valence-electron chi connectivity index (χ3n) is 4.51. The summed E-state index contributed by atoms with van der Waals surface area (Å²) in [6, 6.07) is 28.3. The van der Waals surface area contributed by atoms with E-state index < -0.39 is 0 Å². The molecule has 0 saturated carbocycles. The molecule has 0 atom stereocenters. The fourth-order valence-electron chi connectivity index (χ4n) is 2.95. The average Bonchev–Trinajstić information content (AvgIpc) is 2.79.